The van der Waals surface area contributed by atoms with Crippen molar-refractivity contribution in [3.8, 4) is 0 Å². The molecule has 6 rings (SSSR count). The third kappa shape index (κ3) is 4.49. The van der Waals surface area contributed by atoms with Crippen LogP contribution < -0.4 is 5.56 Å². The fourth-order valence-corrected chi connectivity index (χ4v) is 5.59. The first-order valence-corrected chi connectivity index (χ1v) is 13.1. The normalized spacial score (nSPS) is 20.2. The molecule has 35 heavy (non-hydrogen) atoms. The number of aromatic nitrogens is 3. The molecular formula is C27H34N4O4. The molecule has 186 valence electrons. The van der Waals surface area contributed by atoms with Crippen LogP contribution in [0.3, 0.4) is 0 Å². The zero-order valence-corrected chi connectivity index (χ0v) is 20.4. The third-order valence-electron chi connectivity index (χ3n) is 7.98. The molecule has 0 unspecified atom stereocenters. The average molecular weight is 479 g/mol. The van der Waals surface area contributed by atoms with E-state index in [4.69, 9.17) is 9.47 Å². The predicted molar refractivity (Wildman–Crippen MR) is 134 cm³/mol. The van der Waals surface area contributed by atoms with E-state index in [1.54, 1.807) is 6.20 Å². The molecule has 2 saturated heterocycles. The van der Waals surface area contributed by atoms with Gasteiger partial charge in [0.05, 0.1) is 28.7 Å². The molecule has 0 bridgehead atoms. The highest BCUT2D eigenvalue weighted by Gasteiger charge is 2.27. The number of benzene rings is 1. The van der Waals surface area contributed by atoms with Crippen molar-refractivity contribution in [2.45, 2.75) is 51.5 Å². The van der Waals surface area contributed by atoms with Gasteiger partial charge in [-0.1, -0.05) is 0 Å². The van der Waals surface area contributed by atoms with Crippen molar-refractivity contribution in [2.24, 2.45) is 11.8 Å². The molecule has 1 saturated carbocycles. The number of amides is 1. The van der Waals surface area contributed by atoms with Gasteiger partial charge in [0.25, 0.3) is 11.5 Å². The smallest absolute Gasteiger partial charge is 0.259 e. The molecule has 1 aromatic carbocycles. The van der Waals surface area contributed by atoms with E-state index >= 15 is 0 Å². The van der Waals surface area contributed by atoms with E-state index in [2.05, 4.69) is 10.1 Å². The number of nitrogens with zero attached hydrogens (tertiary/aromatic N) is 3. The first kappa shape index (κ1) is 22.7. The van der Waals surface area contributed by atoms with Crippen LogP contribution in [0, 0.1) is 18.8 Å². The Balaban J connectivity index is 1.27. The number of H-pyrrole nitrogens is 1. The Hall–Kier alpha value is -2.71. The molecule has 0 radical (unpaired) electrons. The maximum absolute atomic E-state index is 13.6. The number of nitrogens with one attached hydrogen (secondary N) is 1. The van der Waals surface area contributed by atoms with Gasteiger partial charge in [0, 0.05) is 50.5 Å². The highest BCUT2D eigenvalue weighted by Crippen LogP contribution is 2.31. The van der Waals surface area contributed by atoms with Gasteiger partial charge in [-0.05, 0) is 75.0 Å². The van der Waals surface area contributed by atoms with E-state index in [0.29, 0.717) is 30.1 Å². The van der Waals surface area contributed by atoms with Crippen molar-refractivity contribution in [3.05, 3.63) is 39.8 Å². The van der Waals surface area contributed by atoms with Crippen molar-refractivity contribution in [1.82, 2.24) is 19.7 Å². The number of ether oxygens (including phenoxy) is 2. The number of aryl methyl sites for hydroxylation is 1. The Labute approximate surface area is 204 Å². The average Bonchev–Trinajstić information content (AvgIpc) is 3.59. The van der Waals surface area contributed by atoms with Gasteiger partial charge in [-0.25, -0.2) is 0 Å². The Morgan fingerprint density at radius 2 is 1.77 bits per heavy atom. The molecule has 3 aliphatic rings. The summed E-state index contributed by atoms with van der Waals surface area (Å²) >= 11 is 0. The van der Waals surface area contributed by atoms with Crippen LogP contribution in [0.15, 0.2) is 23.1 Å². The Morgan fingerprint density at radius 1 is 1.06 bits per heavy atom. The molecule has 0 atom stereocenters. The fraction of sp³-hybridized carbons (Fsp3) is 0.593. The van der Waals surface area contributed by atoms with Crippen molar-refractivity contribution < 1.29 is 14.3 Å². The van der Waals surface area contributed by atoms with Crippen molar-refractivity contribution in [3.63, 3.8) is 0 Å². The van der Waals surface area contributed by atoms with Gasteiger partial charge in [-0.15, -0.1) is 0 Å². The lowest BCUT2D eigenvalue weighted by atomic mass is 9.96. The first-order chi connectivity index (χ1) is 17.1. The number of rotatable bonds is 6. The molecule has 2 aromatic heterocycles. The van der Waals surface area contributed by atoms with Crippen molar-refractivity contribution in [2.75, 3.05) is 39.5 Å². The second-order valence-corrected chi connectivity index (χ2v) is 10.6. The molecule has 1 amide bonds. The quantitative estimate of drug-likeness (QED) is 0.582. The van der Waals surface area contributed by atoms with Crippen molar-refractivity contribution in [1.29, 1.82) is 0 Å². The van der Waals surface area contributed by atoms with Crippen LogP contribution in [0.1, 0.15) is 60.5 Å². The highest BCUT2D eigenvalue weighted by molar-refractivity contribution is 6.07. The number of fused-ring (bicyclic) bond motifs is 3. The number of hydrogen-bond acceptors (Lipinski definition) is 5. The summed E-state index contributed by atoms with van der Waals surface area (Å²) in [5, 5.41) is 6.04. The molecule has 2 aliphatic heterocycles. The van der Waals surface area contributed by atoms with E-state index in [-0.39, 0.29) is 17.5 Å². The molecule has 3 fully saturated rings. The lowest BCUT2D eigenvalue weighted by Crippen LogP contribution is -2.39. The molecule has 0 spiro atoms. The minimum atomic E-state index is -0.143. The van der Waals surface area contributed by atoms with Gasteiger partial charge in [-0.3, -0.25) is 14.3 Å². The highest BCUT2D eigenvalue weighted by atomic mass is 16.5. The summed E-state index contributed by atoms with van der Waals surface area (Å²) in [7, 11) is 0. The van der Waals surface area contributed by atoms with Crippen LogP contribution in [0.4, 0.5) is 0 Å². The van der Waals surface area contributed by atoms with E-state index in [9.17, 15) is 9.59 Å². The molecule has 1 aliphatic carbocycles. The van der Waals surface area contributed by atoms with Crippen LogP contribution >= 0.6 is 0 Å². The molecular weight excluding hydrogens is 444 g/mol. The van der Waals surface area contributed by atoms with E-state index in [1.807, 2.05) is 28.6 Å². The summed E-state index contributed by atoms with van der Waals surface area (Å²) in [6.07, 6.45) is 7.97. The predicted octanol–water partition coefficient (Wildman–Crippen LogP) is 3.82. The summed E-state index contributed by atoms with van der Waals surface area (Å²) in [5.41, 5.74) is 3.00. The lowest BCUT2D eigenvalue weighted by molar-refractivity contribution is 0.0499. The van der Waals surface area contributed by atoms with Crippen LogP contribution in [0.5, 0.6) is 0 Å². The minimum Gasteiger partial charge on any atom is -0.381 e. The summed E-state index contributed by atoms with van der Waals surface area (Å²) in [6.45, 7) is 6.56. The first-order valence-electron chi connectivity index (χ1n) is 13.1. The van der Waals surface area contributed by atoms with Crippen LogP contribution in [-0.4, -0.2) is 65.1 Å². The number of likely N-dealkylation sites (tertiary alicyclic amines) is 1. The Bertz CT molecular complexity index is 1290. The number of piperidine rings is 1. The molecule has 1 N–H and O–H groups in total. The van der Waals surface area contributed by atoms with Crippen LogP contribution in [0.2, 0.25) is 0 Å². The number of carbonyl (C=O) groups excluding carboxylic acids is 1. The van der Waals surface area contributed by atoms with Gasteiger partial charge in [0.1, 0.15) is 0 Å². The maximum atomic E-state index is 13.6. The van der Waals surface area contributed by atoms with E-state index in [0.717, 1.165) is 79.9 Å². The molecule has 3 aromatic rings. The largest absolute Gasteiger partial charge is 0.381 e. The molecule has 8 heteroatoms. The van der Waals surface area contributed by atoms with Gasteiger partial charge in [0.15, 0.2) is 0 Å². The minimum absolute atomic E-state index is 0.0678. The van der Waals surface area contributed by atoms with Gasteiger partial charge in [0.2, 0.25) is 0 Å². The number of carbonyl (C=O) groups is 1. The number of hydrogen-bond donors (Lipinski definition) is 1. The lowest BCUT2D eigenvalue weighted by Gasteiger charge is -2.32. The molecule has 8 nitrogen and oxygen atoms in total. The fourth-order valence-electron chi connectivity index (χ4n) is 5.59. The van der Waals surface area contributed by atoms with Gasteiger partial charge in [-0.2, -0.15) is 5.10 Å². The number of pyridine rings is 1. The van der Waals surface area contributed by atoms with Crippen molar-refractivity contribution >= 4 is 27.7 Å². The van der Waals surface area contributed by atoms with Crippen LogP contribution in [0.25, 0.3) is 21.8 Å². The van der Waals surface area contributed by atoms with Crippen LogP contribution in [-0.2, 0) is 9.47 Å². The zero-order valence-electron chi connectivity index (χ0n) is 20.4. The second-order valence-electron chi connectivity index (χ2n) is 10.6. The monoisotopic (exact) mass is 478 g/mol. The number of aromatic amines is 1. The third-order valence-corrected chi connectivity index (χ3v) is 7.98. The van der Waals surface area contributed by atoms with Gasteiger partial charge >= 0.3 is 0 Å². The Kier molecular flexibility index (Phi) is 6.10. The standard InChI is InChI=1S/C27H34N4O4/c1-17-12-24-22(25-23(26(32)29-24)14-28-31(25)20-6-10-34-11-7-20)13-21(17)27(33)30-8-4-19(5-9-30)16-35-15-18-2-3-18/h12-14,18-20H,2-11,15-16H2,1H3,(H,29,32). The zero-order chi connectivity index (χ0) is 23.9. The second kappa shape index (κ2) is 9.39. The summed E-state index contributed by atoms with van der Waals surface area (Å²) in [6, 6.07) is 4.09. The summed E-state index contributed by atoms with van der Waals surface area (Å²) in [4.78, 5) is 31.4. The maximum Gasteiger partial charge on any atom is 0.259 e. The SMILES string of the molecule is Cc1cc2[nH]c(=O)c3cnn(C4CCOCC4)c3c2cc1C(=O)N1CCC(COCC2CC2)CC1. The Morgan fingerprint density at radius 3 is 2.49 bits per heavy atom. The topological polar surface area (TPSA) is 89.4 Å². The van der Waals surface area contributed by atoms with E-state index < -0.39 is 0 Å². The summed E-state index contributed by atoms with van der Waals surface area (Å²) in [5.74, 6) is 1.39. The summed E-state index contributed by atoms with van der Waals surface area (Å²) < 4.78 is 13.4. The van der Waals surface area contributed by atoms with E-state index in [1.165, 1.54) is 12.8 Å². The van der Waals surface area contributed by atoms with Gasteiger partial charge < -0.3 is 19.4 Å². The molecule has 4 heterocycles.